The molecule has 2 aliphatic rings. The van der Waals surface area contributed by atoms with E-state index in [1.165, 1.54) is 29.6 Å². The lowest BCUT2D eigenvalue weighted by Gasteiger charge is -2.46. The van der Waals surface area contributed by atoms with Gasteiger partial charge < -0.3 is 23.4 Å². The van der Waals surface area contributed by atoms with Crippen molar-refractivity contribution >= 4 is 18.7 Å². The van der Waals surface area contributed by atoms with Crippen LogP contribution in [0.2, 0.25) is 5.04 Å². The zero-order valence-corrected chi connectivity index (χ0v) is 29.7. The molecule has 6 heteroatoms. The van der Waals surface area contributed by atoms with E-state index in [-0.39, 0.29) is 29.5 Å². The maximum atomic E-state index is 7.25. The van der Waals surface area contributed by atoms with Crippen LogP contribution in [-0.4, -0.2) is 50.9 Å². The fourth-order valence-corrected chi connectivity index (χ4v) is 11.9. The average Bonchev–Trinajstić information content (AvgIpc) is 2.92. The van der Waals surface area contributed by atoms with Crippen molar-refractivity contribution in [3.8, 4) is 0 Å². The molecule has 0 spiro atoms. The summed E-state index contributed by atoms with van der Waals surface area (Å²) < 4.78 is 32.8. The summed E-state index contributed by atoms with van der Waals surface area (Å²) in [6.45, 7) is 22.3. The van der Waals surface area contributed by atoms with Crippen LogP contribution in [0.15, 0.2) is 72.8 Å². The van der Waals surface area contributed by atoms with Gasteiger partial charge in [-0.1, -0.05) is 120 Å². The Hall–Kier alpha value is -1.80. The van der Waals surface area contributed by atoms with Crippen molar-refractivity contribution in [2.75, 3.05) is 6.61 Å². The van der Waals surface area contributed by atoms with Gasteiger partial charge in [-0.3, -0.25) is 0 Å². The van der Waals surface area contributed by atoms with Gasteiger partial charge in [0.1, 0.15) is 0 Å². The van der Waals surface area contributed by atoms with Crippen LogP contribution in [0.5, 0.6) is 0 Å². The smallest absolute Gasteiger partial charge is 0.261 e. The van der Waals surface area contributed by atoms with Crippen LogP contribution in [0, 0.1) is 0 Å². The maximum Gasteiger partial charge on any atom is 0.261 e. The third-order valence-electron chi connectivity index (χ3n) is 8.92. The molecule has 2 heterocycles. The molecular weight excluding hydrogens is 564 g/mol. The minimum Gasteiger partial charge on any atom is -0.405 e. The third kappa shape index (κ3) is 9.14. The fraction of sp³-hybridized carbons (Fsp3) is 0.632. The predicted octanol–water partition coefficient (Wildman–Crippen LogP) is 8.30. The van der Waals surface area contributed by atoms with E-state index in [4.69, 9.17) is 23.4 Å². The summed E-state index contributed by atoms with van der Waals surface area (Å²) in [5, 5.41) is 2.47. The van der Waals surface area contributed by atoms with Crippen molar-refractivity contribution in [3.63, 3.8) is 0 Å². The minimum atomic E-state index is -2.66. The van der Waals surface area contributed by atoms with Crippen molar-refractivity contribution in [2.45, 2.75) is 148 Å². The monoisotopic (exact) mass is 622 g/mol. The molecule has 44 heavy (non-hydrogen) atoms. The second kappa shape index (κ2) is 14.7. The Kier molecular flexibility index (Phi) is 11.7. The van der Waals surface area contributed by atoms with Gasteiger partial charge in [0.2, 0.25) is 0 Å². The minimum absolute atomic E-state index is 0.00667. The second-order valence-corrected chi connectivity index (χ2v) is 19.2. The molecule has 0 radical (unpaired) electrons. The highest BCUT2D eigenvalue weighted by Crippen LogP contribution is 2.39. The van der Waals surface area contributed by atoms with Crippen LogP contribution in [0.3, 0.4) is 0 Å². The predicted molar refractivity (Wildman–Crippen MR) is 183 cm³/mol. The lowest BCUT2D eigenvalue weighted by Crippen LogP contribution is -2.67. The van der Waals surface area contributed by atoms with E-state index in [0.29, 0.717) is 6.61 Å². The quantitative estimate of drug-likeness (QED) is 0.128. The Labute approximate surface area is 268 Å². The summed E-state index contributed by atoms with van der Waals surface area (Å²) >= 11 is 0. The van der Waals surface area contributed by atoms with E-state index in [1.54, 1.807) is 0 Å². The van der Waals surface area contributed by atoms with Crippen molar-refractivity contribution in [1.82, 2.24) is 0 Å². The molecule has 0 saturated carbocycles. The summed E-state index contributed by atoms with van der Waals surface area (Å²) in [5.41, 5.74) is 1.16. The summed E-state index contributed by atoms with van der Waals surface area (Å²) in [6.07, 6.45) is 8.32. The molecule has 0 aliphatic carbocycles. The Morgan fingerprint density at radius 2 is 1.20 bits per heavy atom. The molecule has 2 fully saturated rings. The van der Waals surface area contributed by atoms with Gasteiger partial charge in [0.05, 0.1) is 31.0 Å². The zero-order chi connectivity index (χ0) is 32.0. The van der Waals surface area contributed by atoms with Gasteiger partial charge in [0, 0.05) is 12.8 Å². The summed E-state index contributed by atoms with van der Waals surface area (Å²) in [6, 6.07) is 21.6. The van der Waals surface area contributed by atoms with Crippen LogP contribution >= 0.6 is 0 Å². The number of hydrogen-bond acceptors (Lipinski definition) is 5. The topological polar surface area (TPSA) is 46.2 Å². The highest BCUT2D eigenvalue weighted by atomic mass is 28.4. The Morgan fingerprint density at radius 1 is 0.750 bits per heavy atom. The molecular formula is C38H58O5Si. The Bertz CT molecular complexity index is 1130. The molecule has 0 unspecified atom stereocenters. The van der Waals surface area contributed by atoms with Gasteiger partial charge in [0.25, 0.3) is 8.32 Å². The third-order valence-corrected chi connectivity index (χ3v) is 13.9. The number of hydrogen-bond donors (Lipinski definition) is 0. The molecule has 244 valence electrons. The molecule has 2 aromatic carbocycles. The van der Waals surface area contributed by atoms with Crippen molar-refractivity contribution in [1.29, 1.82) is 0 Å². The molecule has 0 bridgehead atoms. The van der Waals surface area contributed by atoms with Crippen molar-refractivity contribution in [3.05, 3.63) is 72.8 Å². The van der Waals surface area contributed by atoms with Crippen LogP contribution < -0.4 is 10.4 Å². The van der Waals surface area contributed by atoms with Crippen molar-refractivity contribution in [2.24, 2.45) is 0 Å². The molecule has 4 atom stereocenters. The van der Waals surface area contributed by atoms with Crippen LogP contribution in [0.1, 0.15) is 107 Å². The first-order valence-electron chi connectivity index (χ1n) is 16.9. The number of benzene rings is 2. The van der Waals surface area contributed by atoms with Gasteiger partial charge in [-0.05, 0) is 62.4 Å². The zero-order valence-electron chi connectivity index (χ0n) is 28.7. The first kappa shape index (κ1) is 35.1. The van der Waals surface area contributed by atoms with Gasteiger partial charge >= 0.3 is 0 Å². The fourth-order valence-electron chi connectivity index (χ4n) is 7.30. The number of ether oxygens (including phenoxy) is 4. The van der Waals surface area contributed by atoms with Gasteiger partial charge in [0.15, 0.2) is 11.6 Å². The Morgan fingerprint density at radius 3 is 1.68 bits per heavy atom. The van der Waals surface area contributed by atoms with Crippen LogP contribution in [-0.2, 0) is 23.4 Å². The highest BCUT2D eigenvalue weighted by Gasteiger charge is 2.51. The van der Waals surface area contributed by atoms with E-state index in [2.05, 4.69) is 94.9 Å². The molecule has 5 nitrogen and oxygen atoms in total. The normalized spacial score (nSPS) is 25.5. The first-order chi connectivity index (χ1) is 20.7. The summed E-state index contributed by atoms with van der Waals surface area (Å²) in [7, 11) is -2.66. The first-order valence-corrected chi connectivity index (χ1v) is 18.8. The Balaban J connectivity index is 1.45. The summed E-state index contributed by atoms with van der Waals surface area (Å²) in [4.78, 5) is 0. The lowest BCUT2D eigenvalue weighted by atomic mass is 9.94. The van der Waals surface area contributed by atoms with Crippen LogP contribution in [0.4, 0.5) is 0 Å². The van der Waals surface area contributed by atoms with Crippen LogP contribution in [0.25, 0.3) is 0 Å². The summed E-state index contributed by atoms with van der Waals surface area (Å²) in [5.74, 6) is -1.27. The molecule has 0 aromatic heterocycles. The number of unbranched alkanes of at least 4 members (excludes halogenated alkanes) is 2. The molecule has 2 aliphatic heterocycles. The molecule has 2 saturated heterocycles. The van der Waals surface area contributed by atoms with Gasteiger partial charge in [-0.25, -0.2) is 0 Å². The highest BCUT2D eigenvalue weighted by molar-refractivity contribution is 6.99. The van der Waals surface area contributed by atoms with E-state index < -0.39 is 19.9 Å². The van der Waals surface area contributed by atoms with E-state index >= 15 is 0 Å². The molecule has 2 aromatic rings. The molecule has 0 N–H and O–H groups in total. The average molecular weight is 623 g/mol. The lowest BCUT2D eigenvalue weighted by molar-refractivity contribution is -0.304. The van der Waals surface area contributed by atoms with E-state index in [9.17, 15) is 0 Å². The SMILES string of the molecule is C=C(C[C@@H]1C[C@@H](CO[Si](c2ccccc2)(c2ccccc2)C(C)(C)C)OC(C)(C)O1)C[C@H]1C[C@@H](CCCCC)OC(C)(C)O1. The molecule has 0 amide bonds. The van der Waals surface area contributed by atoms with E-state index in [1.807, 2.05) is 27.7 Å². The van der Waals surface area contributed by atoms with Gasteiger partial charge in [-0.15, -0.1) is 0 Å². The number of rotatable bonds is 13. The van der Waals surface area contributed by atoms with Crippen molar-refractivity contribution < 1.29 is 23.4 Å². The largest absolute Gasteiger partial charge is 0.405 e. The van der Waals surface area contributed by atoms with Gasteiger partial charge in [-0.2, -0.15) is 0 Å². The standard InChI is InChI=1S/C38H58O5Si/c1-10-11-14-19-30-26-31(41-37(6,7)40-30)24-29(2)25-32-27-33(43-38(8,9)42-32)28-39-44(36(3,4)5,34-20-15-12-16-21-34)35-22-17-13-18-23-35/h12-13,15-18,20-23,30-33H,2,10-11,14,19,24-28H2,1,3-9H3/t30-,31+,32-,33+/m1/s1. The maximum absolute atomic E-state index is 7.25. The van der Waals surface area contributed by atoms with E-state index in [0.717, 1.165) is 37.7 Å². The molecule has 4 rings (SSSR count). The second-order valence-electron chi connectivity index (χ2n) is 14.9.